The Morgan fingerprint density at radius 2 is 2.00 bits per heavy atom. The van der Waals surface area contributed by atoms with Gasteiger partial charge in [0.15, 0.2) is 0 Å². The summed E-state index contributed by atoms with van der Waals surface area (Å²) in [6, 6.07) is 0.406. The Morgan fingerprint density at radius 1 is 1.36 bits per heavy atom. The SMILES string of the molecule is CC1CCC2[C](C1N)C2(C)C. The fourth-order valence-corrected chi connectivity index (χ4v) is 2.77. The zero-order valence-corrected chi connectivity index (χ0v) is 7.72. The summed E-state index contributed by atoms with van der Waals surface area (Å²) in [5.74, 6) is 3.24. The van der Waals surface area contributed by atoms with E-state index in [4.69, 9.17) is 5.73 Å². The minimum Gasteiger partial charge on any atom is -0.327 e. The van der Waals surface area contributed by atoms with E-state index in [1.807, 2.05) is 0 Å². The average Bonchev–Trinajstić information content (AvgIpc) is 2.46. The van der Waals surface area contributed by atoms with E-state index >= 15 is 0 Å². The van der Waals surface area contributed by atoms with Crippen molar-refractivity contribution < 1.29 is 0 Å². The van der Waals surface area contributed by atoms with Crippen LogP contribution in [-0.2, 0) is 0 Å². The molecule has 0 spiro atoms. The lowest BCUT2D eigenvalue weighted by atomic mass is 9.86. The second kappa shape index (κ2) is 2.01. The molecule has 1 heteroatoms. The van der Waals surface area contributed by atoms with Crippen molar-refractivity contribution in [1.29, 1.82) is 0 Å². The molecule has 0 aliphatic heterocycles. The molecule has 1 radical (unpaired) electrons. The maximum Gasteiger partial charge on any atom is 0.0136 e. The maximum atomic E-state index is 6.10. The van der Waals surface area contributed by atoms with Crippen molar-refractivity contribution in [2.24, 2.45) is 23.0 Å². The highest BCUT2D eigenvalue weighted by molar-refractivity contribution is 5.34. The van der Waals surface area contributed by atoms with E-state index in [1.165, 1.54) is 12.8 Å². The van der Waals surface area contributed by atoms with Crippen molar-refractivity contribution in [1.82, 2.24) is 0 Å². The van der Waals surface area contributed by atoms with E-state index in [1.54, 1.807) is 5.92 Å². The molecule has 0 saturated heterocycles. The minimum absolute atomic E-state index is 0.406. The molecular weight excluding hydrogens is 134 g/mol. The van der Waals surface area contributed by atoms with Gasteiger partial charge in [0.05, 0.1) is 0 Å². The zero-order chi connectivity index (χ0) is 8.22. The Hall–Kier alpha value is -0.0400. The fourth-order valence-electron chi connectivity index (χ4n) is 2.77. The molecule has 0 aromatic carbocycles. The van der Waals surface area contributed by atoms with Gasteiger partial charge in [-0.3, -0.25) is 0 Å². The standard InChI is InChI=1S/C10H18N/c1-6-4-5-7-8(9(6)11)10(7,2)3/h6-7,9H,4-5,11H2,1-3H3. The van der Waals surface area contributed by atoms with Crippen LogP contribution in [-0.4, -0.2) is 6.04 Å². The smallest absolute Gasteiger partial charge is 0.0136 e. The monoisotopic (exact) mass is 152 g/mol. The summed E-state index contributed by atoms with van der Waals surface area (Å²) in [5, 5.41) is 0. The first kappa shape index (κ1) is 7.60. The third-order valence-electron chi connectivity index (χ3n) is 3.79. The van der Waals surface area contributed by atoms with E-state index < -0.39 is 0 Å². The summed E-state index contributed by atoms with van der Waals surface area (Å²) in [6.07, 6.45) is 2.72. The number of fused-ring (bicyclic) bond motifs is 1. The summed E-state index contributed by atoms with van der Waals surface area (Å²) in [5.41, 5.74) is 6.59. The Kier molecular flexibility index (Phi) is 1.39. The van der Waals surface area contributed by atoms with Crippen molar-refractivity contribution in [3.8, 4) is 0 Å². The van der Waals surface area contributed by atoms with Gasteiger partial charge in [-0.05, 0) is 30.1 Å². The van der Waals surface area contributed by atoms with Crippen LogP contribution in [0.4, 0.5) is 0 Å². The second-order valence-corrected chi connectivity index (χ2v) is 4.81. The number of hydrogen-bond donors (Lipinski definition) is 1. The predicted octanol–water partition coefficient (Wildman–Crippen LogP) is 1.97. The first-order chi connectivity index (χ1) is 5.05. The van der Waals surface area contributed by atoms with Crippen LogP contribution >= 0.6 is 0 Å². The van der Waals surface area contributed by atoms with Gasteiger partial charge in [-0.15, -0.1) is 0 Å². The highest BCUT2D eigenvalue weighted by atomic mass is 14.8. The summed E-state index contributed by atoms with van der Waals surface area (Å²) in [6.45, 7) is 6.96. The van der Waals surface area contributed by atoms with Gasteiger partial charge in [0.25, 0.3) is 0 Å². The molecule has 2 N–H and O–H groups in total. The molecule has 3 atom stereocenters. The van der Waals surface area contributed by atoms with E-state index in [2.05, 4.69) is 20.8 Å². The number of nitrogens with two attached hydrogens (primary N) is 1. The summed E-state index contributed by atoms with van der Waals surface area (Å²) < 4.78 is 0. The van der Waals surface area contributed by atoms with E-state index in [-0.39, 0.29) is 0 Å². The van der Waals surface area contributed by atoms with E-state index in [0.29, 0.717) is 11.5 Å². The molecule has 0 bridgehead atoms. The molecule has 0 aromatic rings. The maximum absolute atomic E-state index is 6.10. The van der Waals surface area contributed by atoms with Crippen molar-refractivity contribution in [2.45, 2.75) is 39.7 Å². The zero-order valence-electron chi connectivity index (χ0n) is 7.72. The third-order valence-corrected chi connectivity index (χ3v) is 3.79. The molecular formula is C10H18N. The molecule has 0 aromatic heterocycles. The first-order valence-corrected chi connectivity index (χ1v) is 4.68. The van der Waals surface area contributed by atoms with Gasteiger partial charge in [-0.1, -0.05) is 20.8 Å². The quantitative estimate of drug-likeness (QED) is 0.564. The number of rotatable bonds is 0. The second-order valence-electron chi connectivity index (χ2n) is 4.81. The Balaban J connectivity index is 2.12. The van der Waals surface area contributed by atoms with Crippen molar-refractivity contribution >= 4 is 0 Å². The van der Waals surface area contributed by atoms with Gasteiger partial charge in [0.1, 0.15) is 0 Å². The fraction of sp³-hybridized carbons (Fsp3) is 0.900. The normalized spacial score (nSPS) is 48.5. The van der Waals surface area contributed by atoms with Crippen LogP contribution in [0.3, 0.4) is 0 Å². The van der Waals surface area contributed by atoms with Gasteiger partial charge < -0.3 is 5.73 Å². The number of hydrogen-bond acceptors (Lipinski definition) is 1. The Bertz CT molecular complexity index is 174. The summed E-state index contributed by atoms with van der Waals surface area (Å²) >= 11 is 0. The third kappa shape index (κ3) is 0.868. The largest absolute Gasteiger partial charge is 0.327 e. The van der Waals surface area contributed by atoms with Crippen LogP contribution in [0, 0.1) is 23.2 Å². The highest BCUT2D eigenvalue weighted by Crippen LogP contribution is 2.66. The van der Waals surface area contributed by atoms with Gasteiger partial charge in [-0.2, -0.15) is 0 Å². The van der Waals surface area contributed by atoms with Gasteiger partial charge in [0, 0.05) is 12.0 Å². The van der Waals surface area contributed by atoms with Crippen LogP contribution < -0.4 is 5.73 Å². The molecule has 63 valence electrons. The Morgan fingerprint density at radius 3 is 2.55 bits per heavy atom. The molecule has 2 rings (SSSR count). The van der Waals surface area contributed by atoms with Crippen molar-refractivity contribution in [3.05, 3.63) is 5.92 Å². The van der Waals surface area contributed by atoms with Gasteiger partial charge in [-0.25, -0.2) is 0 Å². The molecule has 2 fully saturated rings. The average molecular weight is 152 g/mol. The minimum atomic E-state index is 0.406. The summed E-state index contributed by atoms with van der Waals surface area (Å²) in [4.78, 5) is 0. The van der Waals surface area contributed by atoms with Crippen LogP contribution in [0.2, 0.25) is 0 Å². The molecule has 1 nitrogen and oxygen atoms in total. The van der Waals surface area contributed by atoms with Crippen LogP contribution in [0.25, 0.3) is 0 Å². The van der Waals surface area contributed by atoms with E-state index in [0.717, 1.165) is 11.8 Å². The lowest BCUT2D eigenvalue weighted by molar-refractivity contribution is 0.386. The Labute approximate surface area is 69.4 Å². The van der Waals surface area contributed by atoms with E-state index in [9.17, 15) is 0 Å². The molecule has 2 aliphatic rings. The van der Waals surface area contributed by atoms with Gasteiger partial charge in [0.2, 0.25) is 0 Å². The lowest BCUT2D eigenvalue weighted by Gasteiger charge is -2.24. The van der Waals surface area contributed by atoms with Crippen molar-refractivity contribution in [3.63, 3.8) is 0 Å². The lowest BCUT2D eigenvalue weighted by Crippen LogP contribution is -2.33. The topological polar surface area (TPSA) is 26.0 Å². The highest BCUT2D eigenvalue weighted by Gasteiger charge is 2.62. The van der Waals surface area contributed by atoms with Gasteiger partial charge >= 0.3 is 0 Å². The molecule has 0 amide bonds. The molecule has 11 heavy (non-hydrogen) atoms. The molecule has 0 heterocycles. The first-order valence-electron chi connectivity index (χ1n) is 4.68. The molecule has 3 unspecified atom stereocenters. The molecule has 2 saturated carbocycles. The van der Waals surface area contributed by atoms with Crippen LogP contribution in [0.5, 0.6) is 0 Å². The van der Waals surface area contributed by atoms with Crippen molar-refractivity contribution in [2.75, 3.05) is 0 Å². The summed E-state index contributed by atoms with van der Waals surface area (Å²) in [7, 11) is 0. The van der Waals surface area contributed by atoms with Crippen LogP contribution in [0.15, 0.2) is 0 Å². The predicted molar refractivity (Wildman–Crippen MR) is 46.9 cm³/mol. The molecule has 2 aliphatic carbocycles. The van der Waals surface area contributed by atoms with Crippen LogP contribution in [0.1, 0.15) is 33.6 Å².